The number of nitrogens with one attached hydrogen (secondary N) is 1. The topological polar surface area (TPSA) is 67.1 Å². The quantitative estimate of drug-likeness (QED) is 0.787. The first-order chi connectivity index (χ1) is 7.78. The van der Waals surface area contributed by atoms with Crippen LogP contribution in [0, 0.1) is 5.92 Å². The lowest BCUT2D eigenvalue weighted by Crippen LogP contribution is -2.22. The molecule has 0 aliphatic carbocycles. The SMILES string of the molecule is CCN1CCC(CNc2nccc(N)n2)C1. The molecule has 3 N–H and O–H groups in total. The van der Waals surface area contributed by atoms with E-state index in [2.05, 4.69) is 27.1 Å². The Balaban J connectivity index is 1.80. The molecule has 1 aromatic rings. The Morgan fingerprint density at radius 1 is 1.62 bits per heavy atom. The Labute approximate surface area is 96.1 Å². The molecule has 1 aliphatic heterocycles. The highest BCUT2D eigenvalue weighted by molar-refractivity contribution is 5.34. The predicted molar refractivity (Wildman–Crippen MR) is 65.2 cm³/mol. The van der Waals surface area contributed by atoms with E-state index in [0.29, 0.717) is 17.7 Å². The van der Waals surface area contributed by atoms with Crippen LogP contribution in [0.4, 0.5) is 11.8 Å². The Bertz CT molecular complexity index is 341. The Morgan fingerprint density at radius 3 is 3.19 bits per heavy atom. The maximum absolute atomic E-state index is 5.59. The van der Waals surface area contributed by atoms with Gasteiger partial charge in [-0.2, -0.15) is 4.98 Å². The molecule has 1 atom stereocenters. The summed E-state index contributed by atoms with van der Waals surface area (Å²) in [6, 6.07) is 1.69. The standard InChI is InChI=1S/C11H19N5/c1-2-16-6-4-9(8-16)7-14-11-13-5-3-10(12)15-11/h3,5,9H,2,4,6-8H2,1H3,(H3,12,13,14,15). The van der Waals surface area contributed by atoms with Crippen molar-refractivity contribution in [2.75, 3.05) is 37.2 Å². The van der Waals surface area contributed by atoms with E-state index in [1.165, 1.54) is 19.5 Å². The Kier molecular flexibility index (Phi) is 3.56. The molecule has 0 amide bonds. The summed E-state index contributed by atoms with van der Waals surface area (Å²) in [5.74, 6) is 1.85. The van der Waals surface area contributed by atoms with Crippen LogP contribution in [0.25, 0.3) is 0 Å². The molecule has 5 heteroatoms. The molecule has 2 rings (SSSR count). The first kappa shape index (κ1) is 11.1. The summed E-state index contributed by atoms with van der Waals surface area (Å²) in [5.41, 5.74) is 5.59. The molecule has 5 nitrogen and oxygen atoms in total. The van der Waals surface area contributed by atoms with Gasteiger partial charge >= 0.3 is 0 Å². The van der Waals surface area contributed by atoms with Crippen LogP contribution in [-0.4, -0.2) is 41.0 Å². The molecule has 1 aromatic heterocycles. The van der Waals surface area contributed by atoms with Crippen molar-refractivity contribution in [3.63, 3.8) is 0 Å². The van der Waals surface area contributed by atoms with E-state index in [1.54, 1.807) is 12.3 Å². The van der Waals surface area contributed by atoms with E-state index < -0.39 is 0 Å². The van der Waals surface area contributed by atoms with Gasteiger partial charge in [0.15, 0.2) is 0 Å². The third-order valence-corrected chi connectivity index (χ3v) is 3.04. The zero-order chi connectivity index (χ0) is 11.4. The average Bonchev–Trinajstić information content (AvgIpc) is 2.74. The van der Waals surface area contributed by atoms with Crippen LogP contribution in [-0.2, 0) is 0 Å². The van der Waals surface area contributed by atoms with Crippen molar-refractivity contribution in [1.82, 2.24) is 14.9 Å². The molecule has 1 saturated heterocycles. The van der Waals surface area contributed by atoms with Gasteiger partial charge in [0, 0.05) is 19.3 Å². The third-order valence-electron chi connectivity index (χ3n) is 3.04. The molecule has 0 radical (unpaired) electrons. The minimum Gasteiger partial charge on any atom is -0.384 e. The first-order valence-electron chi connectivity index (χ1n) is 5.82. The van der Waals surface area contributed by atoms with Gasteiger partial charge in [-0.1, -0.05) is 6.92 Å². The van der Waals surface area contributed by atoms with Gasteiger partial charge < -0.3 is 16.0 Å². The van der Waals surface area contributed by atoms with Gasteiger partial charge in [0.25, 0.3) is 0 Å². The molecule has 0 saturated carbocycles. The highest BCUT2D eigenvalue weighted by Gasteiger charge is 2.20. The number of nitrogens with zero attached hydrogens (tertiary/aromatic N) is 3. The lowest BCUT2D eigenvalue weighted by Gasteiger charge is -2.13. The molecule has 16 heavy (non-hydrogen) atoms. The number of rotatable bonds is 4. The number of nitrogens with two attached hydrogens (primary N) is 1. The van der Waals surface area contributed by atoms with Crippen molar-refractivity contribution in [2.24, 2.45) is 5.92 Å². The molecular weight excluding hydrogens is 202 g/mol. The lowest BCUT2D eigenvalue weighted by molar-refractivity contribution is 0.345. The minimum absolute atomic E-state index is 0.513. The average molecular weight is 221 g/mol. The molecule has 0 bridgehead atoms. The lowest BCUT2D eigenvalue weighted by atomic mass is 10.1. The van der Waals surface area contributed by atoms with Gasteiger partial charge in [-0.25, -0.2) is 4.98 Å². The van der Waals surface area contributed by atoms with Crippen molar-refractivity contribution in [2.45, 2.75) is 13.3 Å². The number of hydrogen-bond acceptors (Lipinski definition) is 5. The molecule has 88 valence electrons. The van der Waals surface area contributed by atoms with E-state index in [9.17, 15) is 0 Å². The third kappa shape index (κ3) is 2.82. The zero-order valence-corrected chi connectivity index (χ0v) is 9.69. The zero-order valence-electron chi connectivity index (χ0n) is 9.69. The van der Waals surface area contributed by atoms with Crippen molar-refractivity contribution in [1.29, 1.82) is 0 Å². The molecule has 1 unspecified atom stereocenters. The van der Waals surface area contributed by atoms with Crippen LogP contribution < -0.4 is 11.1 Å². The van der Waals surface area contributed by atoms with Crippen LogP contribution >= 0.6 is 0 Å². The summed E-state index contributed by atoms with van der Waals surface area (Å²) >= 11 is 0. The van der Waals surface area contributed by atoms with E-state index in [4.69, 9.17) is 5.73 Å². The summed E-state index contributed by atoms with van der Waals surface area (Å²) in [7, 11) is 0. The summed E-state index contributed by atoms with van der Waals surface area (Å²) < 4.78 is 0. The normalized spacial score (nSPS) is 21.2. The first-order valence-corrected chi connectivity index (χ1v) is 5.82. The molecule has 2 heterocycles. The van der Waals surface area contributed by atoms with Gasteiger partial charge in [-0.05, 0) is 31.5 Å². The monoisotopic (exact) mass is 221 g/mol. The Morgan fingerprint density at radius 2 is 2.50 bits per heavy atom. The smallest absolute Gasteiger partial charge is 0.224 e. The second-order valence-corrected chi connectivity index (χ2v) is 4.23. The molecular formula is C11H19N5. The number of hydrogen-bond donors (Lipinski definition) is 2. The molecule has 0 aromatic carbocycles. The molecule has 1 fully saturated rings. The van der Waals surface area contributed by atoms with Gasteiger partial charge in [-0.3, -0.25) is 0 Å². The number of nitrogen functional groups attached to an aromatic ring is 1. The summed E-state index contributed by atoms with van der Waals surface area (Å²) in [6.45, 7) is 6.66. The highest BCUT2D eigenvalue weighted by atomic mass is 15.2. The summed E-state index contributed by atoms with van der Waals surface area (Å²) in [6.07, 6.45) is 2.93. The number of aromatic nitrogens is 2. The van der Waals surface area contributed by atoms with E-state index in [1.807, 2.05) is 0 Å². The largest absolute Gasteiger partial charge is 0.384 e. The van der Waals surface area contributed by atoms with Crippen molar-refractivity contribution >= 4 is 11.8 Å². The van der Waals surface area contributed by atoms with Crippen LogP contribution in [0.2, 0.25) is 0 Å². The van der Waals surface area contributed by atoms with Crippen LogP contribution in [0.1, 0.15) is 13.3 Å². The fourth-order valence-electron chi connectivity index (χ4n) is 2.06. The molecule has 0 spiro atoms. The maximum Gasteiger partial charge on any atom is 0.224 e. The van der Waals surface area contributed by atoms with Crippen molar-refractivity contribution in [3.05, 3.63) is 12.3 Å². The van der Waals surface area contributed by atoms with Gasteiger partial charge in [0.1, 0.15) is 5.82 Å². The van der Waals surface area contributed by atoms with Crippen LogP contribution in [0.3, 0.4) is 0 Å². The highest BCUT2D eigenvalue weighted by Crippen LogP contribution is 2.15. The van der Waals surface area contributed by atoms with Gasteiger partial charge in [0.05, 0.1) is 0 Å². The van der Waals surface area contributed by atoms with Crippen molar-refractivity contribution < 1.29 is 0 Å². The van der Waals surface area contributed by atoms with Crippen LogP contribution in [0.5, 0.6) is 0 Å². The Hall–Kier alpha value is -1.36. The second kappa shape index (κ2) is 5.12. The minimum atomic E-state index is 0.513. The van der Waals surface area contributed by atoms with Gasteiger partial charge in [-0.15, -0.1) is 0 Å². The van der Waals surface area contributed by atoms with Crippen molar-refractivity contribution in [3.8, 4) is 0 Å². The van der Waals surface area contributed by atoms with Gasteiger partial charge in [0.2, 0.25) is 5.95 Å². The van der Waals surface area contributed by atoms with E-state index in [0.717, 1.165) is 13.1 Å². The number of anilines is 2. The van der Waals surface area contributed by atoms with Crippen LogP contribution in [0.15, 0.2) is 12.3 Å². The second-order valence-electron chi connectivity index (χ2n) is 4.23. The molecule has 1 aliphatic rings. The number of likely N-dealkylation sites (tertiary alicyclic amines) is 1. The summed E-state index contributed by atoms with van der Waals surface area (Å²) in [4.78, 5) is 10.7. The maximum atomic E-state index is 5.59. The van der Waals surface area contributed by atoms with E-state index in [-0.39, 0.29) is 0 Å². The fraction of sp³-hybridized carbons (Fsp3) is 0.636. The predicted octanol–water partition coefficient (Wildman–Crippen LogP) is 0.812. The summed E-state index contributed by atoms with van der Waals surface area (Å²) in [5, 5.41) is 3.24. The fourth-order valence-corrected chi connectivity index (χ4v) is 2.06. The van der Waals surface area contributed by atoms with E-state index >= 15 is 0 Å².